The van der Waals surface area contributed by atoms with Crippen LogP contribution in [0.5, 0.6) is 0 Å². The number of nitrogens with two attached hydrogens (primary N) is 1. The minimum absolute atomic E-state index is 0.0923. The van der Waals surface area contributed by atoms with Crippen molar-refractivity contribution < 1.29 is 9.53 Å². The topological polar surface area (TPSA) is 55.6 Å². The van der Waals surface area contributed by atoms with Crippen LogP contribution in [0.15, 0.2) is 0 Å². The van der Waals surface area contributed by atoms with Crippen LogP contribution in [0.3, 0.4) is 0 Å². The highest BCUT2D eigenvalue weighted by atomic mass is 16.5. The molecule has 0 aromatic heterocycles. The van der Waals surface area contributed by atoms with Gasteiger partial charge in [0.1, 0.15) is 6.61 Å². The highest BCUT2D eigenvalue weighted by Gasteiger charge is 2.30. The molecule has 0 spiro atoms. The Bertz CT molecular complexity index is 282. The van der Waals surface area contributed by atoms with Crippen LogP contribution in [0.25, 0.3) is 0 Å². The van der Waals surface area contributed by atoms with Gasteiger partial charge in [0.25, 0.3) is 0 Å². The number of rotatable bonds is 5. The lowest BCUT2D eigenvalue weighted by molar-refractivity contribution is -0.136. The maximum Gasteiger partial charge on any atom is 0.248 e. The summed E-state index contributed by atoms with van der Waals surface area (Å²) < 4.78 is 5.58. The molecule has 0 radical (unpaired) electrons. The van der Waals surface area contributed by atoms with Crippen molar-refractivity contribution in [3.05, 3.63) is 0 Å². The lowest BCUT2D eigenvalue weighted by Gasteiger charge is -2.28. The third kappa shape index (κ3) is 3.95. The first-order chi connectivity index (χ1) is 8.61. The molecule has 0 aromatic rings. The Morgan fingerprint density at radius 2 is 1.89 bits per heavy atom. The molecule has 1 amide bonds. The summed E-state index contributed by atoms with van der Waals surface area (Å²) in [6.07, 6.45) is 9.28. The van der Waals surface area contributed by atoms with Crippen molar-refractivity contribution in [1.82, 2.24) is 4.90 Å². The molecule has 2 saturated carbocycles. The van der Waals surface area contributed by atoms with Crippen LogP contribution in [-0.2, 0) is 9.53 Å². The van der Waals surface area contributed by atoms with Crippen molar-refractivity contribution in [2.75, 3.05) is 20.3 Å². The Morgan fingerprint density at radius 1 is 1.28 bits per heavy atom. The number of amides is 1. The molecule has 4 nitrogen and oxygen atoms in total. The maximum absolute atomic E-state index is 11.8. The number of hydrogen-bond acceptors (Lipinski definition) is 3. The first kappa shape index (κ1) is 13.8. The van der Waals surface area contributed by atoms with Gasteiger partial charge < -0.3 is 15.4 Å². The summed E-state index contributed by atoms with van der Waals surface area (Å²) in [6.45, 7) is 0.712. The highest BCUT2D eigenvalue weighted by molar-refractivity contribution is 5.77. The van der Waals surface area contributed by atoms with Gasteiger partial charge in [-0.2, -0.15) is 0 Å². The van der Waals surface area contributed by atoms with Crippen LogP contribution >= 0.6 is 0 Å². The van der Waals surface area contributed by atoms with Crippen molar-refractivity contribution in [3.8, 4) is 0 Å². The Hall–Kier alpha value is -0.610. The molecule has 0 heterocycles. The predicted molar refractivity (Wildman–Crippen MR) is 71.2 cm³/mol. The fourth-order valence-corrected chi connectivity index (χ4v) is 2.69. The summed E-state index contributed by atoms with van der Waals surface area (Å²) in [5.74, 6) is 0.0923. The summed E-state index contributed by atoms with van der Waals surface area (Å²) in [5.41, 5.74) is 6.14. The van der Waals surface area contributed by atoms with E-state index in [1.807, 2.05) is 11.9 Å². The third-order valence-corrected chi connectivity index (χ3v) is 4.20. The molecule has 2 rings (SSSR count). The molecule has 0 unspecified atom stereocenters. The van der Waals surface area contributed by atoms with Crippen molar-refractivity contribution in [2.24, 2.45) is 5.73 Å². The Morgan fingerprint density at radius 3 is 2.44 bits per heavy atom. The van der Waals surface area contributed by atoms with Crippen molar-refractivity contribution >= 4 is 5.91 Å². The quantitative estimate of drug-likeness (QED) is 0.759. The monoisotopic (exact) mass is 254 g/mol. The van der Waals surface area contributed by atoms with E-state index < -0.39 is 0 Å². The van der Waals surface area contributed by atoms with Gasteiger partial charge in [0.05, 0.1) is 6.61 Å². The van der Waals surface area contributed by atoms with E-state index in [9.17, 15) is 4.79 Å². The summed E-state index contributed by atoms with van der Waals surface area (Å²) >= 11 is 0. The molecule has 2 aliphatic carbocycles. The van der Waals surface area contributed by atoms with Crippen molar-refractivity contribution in [2.45, 2.75) is 62.9 Å². The Balaban J connectivity index is 1.68. The van der Waals surface area contributed by atoms with Gasteiger partial charge in [-0.05, 0) is 25.7 Å². The van der Waals surface area contributed by atoms with Crippen LogP contribution in [0, 0.1) is 0 Å². The Kier molecular flexibility index (Phi) is 4.62. The molecule has 0 atom stereocenters. The number of ether oxygens (including phenoxy) is 1. The van der Waals surface area contributed by atoms with Gasteiger partial charge in [-0.1, -0.05) is 25.7 Å². The van der Waals surface area contributed by atoms with Crippen molar-refractivity contribution in [1.29, 1.82) is 0 Å². The minimum atomic E-state index is -0.199. The molecule has 2 aliphatic rings. The molecule has 0 bridgehead atoms. The van der Waals surface area contributed by atoms with E-state index in [2.05, 4.69) is 0 Å². The van der Waals surface area contributed by atoms with Gasteiger partial charge in [0, 0.05) is 18.6 Å². The summed E-state index contributed by atoms with van der Waals surface area (Å²) in [4.78, 5) is 13.6. The van der Waals surface area contributed by atoms with Gasteiger partial charge in [-0.15, -0.1) is 0 Å². The molecular formula is C14H26N2O2. The number of carbonyl (C=O) groups excluding carboxylic acids is 1. The molecule has 0 aliphatic heterocycles. The van der Waals surface area contributed by atoms with Crippen molar-refractivity contribution in [3.63, 3.8) is 0 Å². The number of carbonyl (C=O) groups is 1. The van der Waals surface area contributed by atoms with E-state index in [0.29, 0.717) is 12.6 Å². The fraction of sp³-hybridized carbons (Fsp3) is 0.929. The average Bonchev–Trinajstić information content (AvgIpc) is 3.15. The lowest BCUT2D eigenvalue weighted by Crippen LogP contribution is -2.45. The van der Waals surface area contributed by atoms with E-state index in [-0.39, 0.29) is 18.1 Å². The van der Waals surface area contributed by atoms with Crippen LogP contribution < -0.4 is 5.73 Å². The van der Waals surface area contributed by atoms with E-state index in [0.717, 1.165) is 25.7 Å². The Labute approximate surface area is 110 Å². The number of hydrogen-bond donors (Lipinski definition) is 1. The molecule has 0 aromatic carbocycles. The molecule has 2 N–H and O–H groups in total. The second kappa shape index (κ2) is 6.02. The van der Waals surface area contributed by atoms with E-state index in [4.69, 9.17) is 10.5 Å². The van der Waals surface area contributed by atoms with Gasteiger partial charge in [0.2, 0.25) is 5.91 Å². The smallest absolute Gasteiger partial charge is 0.248 e. The van der Waals surface area contributed by atoms with Gasteiger partial charge in [0.15, 0.2) is 0 Å². The number of likely N-dealkylation sites (N-methyl/N-ethyl adjacent to an activating group) is 1. The first-order valence-corrected chi connectivity index (χ1v) is 7.23. The van der Waals surface area contributed by atoms with E-state index >= 15 is 0 Å². The lowest BCUT2D eigenvalue weighted by atomic mass is 9.93. The SMILES string of the molecule is CN(C(=O)COCC1(N)CCCCCC1)C1CC1. The molecule has 104 valence electrons. The second-order valence-electron chi connectivity index (χ2n) is 6.01. The predicted octanol–water partition coefficient (Wildman–Crippen LogP) is 1.68. The van der Waals surface area contributed by atoms with Crippen LogP contribution in [0.4, 0.5) is 0 Å². The molecular weight excluding hydrogens is 228 g/mol. The van der Waals surface area contributed by atoms with Gasteiger partial charge >= 0.3 is 0 Å². The normalized spacial score (nSPS) is 23.4. The zero-order chi connectivity index (χ0) is 13.0. The zero-order valence-electron chi connectivity index (χ0n) is 11.5. The van der Waals surface area contributed by atoms with Crippen LogP contribution in [0.1, 0.15) is 51.4 Å². The summed E-state index contributed by atoms with van der Waals surface area (Å²) in [5, 5.41) is 0. The van der Waals surface area contributed by atoms with Gasteiger partial charge in [-0.3, -0.25) is 4.79 Å². The second-order valence-corrected chi connectivity index (χ2v) is 6.01. The van der Waals surface area contributed by atoms with E-state index in [1.54, 1.807) is 0 Å². The first-order valence-electron chi connectivity index (χ1n) is 7.23. The fourth-order valence-electron chi connectivity index (χ4n) is 2.69. The van der Waals surface area contributed by atoms with E-state index in [1.165, 1.54) is 25.7 Å². The van der Waals surface area contributed by atoms with Crippen LogP contribution in [0.2, 0.25) is 0 Å². The molecule has 0 saturated heterocycles. The molecule has 2 fully saturated rings. The maximum atomic E-state index is 11.8. The largest absolute Gasteiger partial charge is 0.370 e. The summed E-state index contributed by atoms with van der Waals surface area (Å²) in [7, 11) is 1.87. The van der Waals surface area contributed by atoms with Crippen LogP contribution in [-0.4, -0.2) is 42.6 Å². The molecule has 4 heteroatoms. The van der Waals surface area contributed by atoms with Gasteiger partial charge in [-0.25, -0.2) is 0 Å². The molecule has 18 heavy (non-hydrogen) atoms. The zero-order valence-corrected chi connectivity index (χ0v) is 11.5. The third-order valence-electron chi connectivity index (χ3n) is 4.20. The summed E-state index contributed by atoms with van der Waals surface area (Å²) in [6, 6.07) is 0.464. The number of nitrogens with zero attached hydrogens (tertiary/aromatic N) is 1. The standard InChI is InChI=1S/C14H26N2O2/c1-16(12-6-7-12)13(17)10-18-11-14(15)8-4-2-3-5-9-14/h12H,2-11,15H2,1H3. The minimum Gasteiger partial charge on any atom is -0.370 e. The highest BCUT2D eigenvalue weighted by Crippen LogP contribution is 2.26. The average molecular weight is 254 g/mol.